The molecule has 10 aromatic rings. The average Bonchev–Trinajstić information content (AvgIpc) is 1.63. The number of carbonyl (C=O) groups is 12. The first-order valence-electron chi connectivity index (χ1n) is 43.5. The number of benzene rings is 6. The third-order valence-corrected chi connectivity index (χ3v) is 23.0. The number of amides is 6. The summed E-state index contributed by atoms with van der Waals surface area (Å²) < 4.78 is 51.4. The first-order valence-corrected chi connectivity index (χ1v) is 43.5. The van der Waals surface area contributed by atoms with Crippen LogP contribution in [0.25, 0.3) is 54.3 Å². The Bertz CT molecular complexity index is 6040. The van der Waals surface area contributed by atoms with E-state index in [1.165, 1.54) is 24.8 Å². The number of halogens is 2. The van der Waals surface area contributed by atoms with E-state index in [0.717, 1.165) is 43.4 Å². The first-order chi connectivity index (χ1) is 65.3. The van der Waals surface area contributed by atoms with Crippen LogP contribution in [0.2, 0.25) is 0 Å². The molecule has 0 bridgehead atoms. The molecule has 4 aromatic heterocycles. The van der Waals surface area contributed by atoms with E-state index in [1.807, 2.05) is 73.9 Å². The van der Waals surface area contributed by atoms with Crippen molar-refractivity contribution in [3.05, 3.63) is 252 Å². The number of anilines is 2. The number of likely N-dealkylation sites (tertiary alicyclic amines) is 2. The van der Waals surface area contributed by atoms with Crippen LogP contribution in [0.4, 0.5) is 20.4 Å². The number of nitrogens with zero attached hydrogens (tertiary/aromatic N) is 16. The smallest absolute Gasteiger partial charge is 0.252 e. The fraction of sp³-hybridized carbons (Fsp3) is 0.327. The molecule has 6 aromatic carbocycles. The minimum absolute atomic E-state index is 0. The Kier molecular flexibility index (Phi) is 47.0. The Morgan fingerprint density at radius 2 is 0.957 bits per heavy atom. The molecule has 6 aliphatic rings. The summed E-state index contributed by atoms with van der Waals surface area (Å²) in [5, 5.41) is 15.5. The van der Waals surface area contributed by atoms with E-state index in [1.54, 1.807) is 126 Å². The molecule has 4 aliphatic heterocycles. The molecule has 41 heteroatoms. The van der Waals surface area contributed by atoms with Crippen LogP contribution in [0.15, 0.2) is 170 Å². The summed E-state index contributed by atoms with van der Waals surface area (Å²) in [6.45, 7) is 32.2. The number of rotatable bonds is 29. The van der Waals surface area contributed by atoms with Crippen LogP contribution in [0, 0.1) is 50.8 Å². The van der Waals surface area contributed by atoms with Gasteiger partial charge in [-0.3, -0.25) is 38.4 Å². The van der Waals surface area contributed by atoms with Crippen molar-refractivity contribution in [1.82, 2.24) is 79.5 Å². The summed E-state index contributed by atoms with van der Waals surface area (Å²) in [5.41, 5.74) is 17.4. The number of nitrogens with one attached hydrogen (secondary N) is 2. The topological polar surface area (TPSA) is 424 Å². The SMILES string of the molecule is C=O.C=O.O=C1CCC(N2Cc3[c-]cccc3C2=O)C(=O)C1.O=C1CCC(N2Cc3[c-]cccc3C2=O)C(=O)C1.[C-]#[N+]/C(=C\CN(C)CCCCNC([CH2-])=O)C(=O)N1CCC[C@H]1Cn1nc(-c2ccc(Oc3ccccc3)cc2F)c2c(N)ncnc21.[C-]#[N+]/C(=C\CN(C)CCOCCNC([CH2-])=O)C(=O)N1CCC[C@H]1Cn1nc(-c2ccc(Oc3ccccc3)cc2F)c2c(N)ncnc21.[Y].[Y].[Y].[Y]. The maximum Gasteiger partial charge on any atom is 0.252 e. The molecule has 139 heavy (non-hydrogen) atoms. The van der Waals surface area contributed by atoms with Crippen molar-refractivity contribution in [2.45, 2.75) is 127 Å². The Balaban J connectivity index is 0.000000267. The summed E-state index contributed by atoms with van der Waals surface area (Å²) in [6, 6.07) is 42.5. The van der Waals surface area contributed by atoms with Crippen LogP contribution in [-0.4, -0.2) is 245 Å². The van der Waals surface area contributed by atoms with E-state index in [4.69, 9.17) is 58.6 Å². The Hall–Kier alpha value is -11.2. The van der Waals surface area contributed by atoms with Gasteiger partial charge in [0.25, 0.3) is 11.8 Å². The maximum atomic E-state index is 15.6. The van der Waals surface area contributed by atoms with Gasteiger partial charge in [-0.1, -0.05) is 59.7 Å². The molecule has 2 unspecified atom stereocenters. The molecule has 35 nitrogen and oxygen atoms in total. The molecular formula is C98H102F2N20O15Y4-4. The zero-order valence-corrected chi connectivity index (χ0v) is 88.4. The van der Waals surface area contributed by atoms with Crippen molar-refractivity contribution in [3.63, 3.8) is 0 Å². The molecule has 4 radical (unpaired) electrons. The monoisotopic (exact) mass is 2190 g/mol. The Morgan fingerprint density at radius 1 is 0.540 bits per heavy atom. The minimum atomic E-state index is -0.554. The van der Waals surface area contributed by atoms with Crippen LogP contribution in [0.3, 0.4) is 0 Å². The normalized spacial score (nSPS) is 16.2. The number of ether oxygens (including phenoxy) is 3. The zero-order valence-electron chi connectivity index (χ0n) is 77.0. The fourth-order valence-electron chi connectivity index (χ4n) is 16.4. The van der Waals surface area contributed by atoms with Crippen LogP contribution in [-0.2, 0) is 210 Å². The third-order valence-electron chi connectivity index (χ3n) is 23.0. The van der Waals surface area contributed by atoms with Gasteiger partial charge in [-0.25, -0.2) is 47.8 Å². The van der Waals surface area contributed by atoms with Crippen LogP contribution in [0.5, 0.6) is 23.0 Å². The predicted octanol–water partition coefficient (Wildman–Crippen LogP) is 10.0. The fourth-order valence-corrected chi connectivity index (χ4v) is 16.4. The number of nitrogen functional groups attached to an aromatic ring is 2. The third kappa shape index (κ3) is 30.7. The number of unbranched alkanes of at least 4 members (excludes halogenated alkanes) is 1. The number of hydrogen-bond donors (Lipinski definition) is 4. The number of nitrogens with two attached hydrogens (primary N) is 2. The second-order valence-corrected chi connectivity index (χ2v) is 32.1. The number of ketones is 4. The molecular weight excluding hydrogens is 2090 g/mol. The molecule has 2 saturated carbocycles. The molecule has 6 N–H and O–H groups in total. The number of carbonyl (C=O) groups excluding carboxylic acids is 12. The molecule has 6 amide bonds. The van der Waals surface area contributed by atoms with Crippen molar-refractivity contribution >= 4 is 106 Å². The van der Waals surface area contributed by atoms with Gasteiger partial charge in [0, 0.05) is 226 Å². The van der Waals surface area contributed by atoms with E-state index in [9.17, 15) is 47.9 Å². The van der Waals surface area contributed by atoms with Crippen LogP contribution < -0.4 is 31.6 Å². The quantitative estimate of drug-likeness (QED) is 0.0146. The van der Waals surface area contributed by atoms with Crippen LogP contribution in [0.1, 0.15) is 109 Å². The van der Waals surface area contributed by atoms with Crippen molar-refractivity contribution in [1.29, 1.82) is 0 Å². The molecule has 2 aliphatic carbocycles. The van der Waals surface area contributed by atoms with E-state index >= 15 is 8.78 Å². The summed E-state index contributed by atoms with van der Waals surface area (Å²) in [4.78, 5) is 170. The Morgan fingerprint density at radius 3 is 1.35 bits per heavy atom. The summed E-state index contributed by atoms with van der Waals surface area (Å²) in [5.74, 6) is -0.842. The van der Waals surface area contributed by atoms with E-state index in [-0.39, 0.29) is 273 Å². The number of likely N-dealkylation sites (N-methyl/N-ethyl adjacent to an activating group) is 2. The Labute approximate surface area is 904 Å². The largest absolute Gasteiger partial charge is 0.457 e. The predicted molar refractivity (Wildman–Crippen MR) is 494 cm³/mol. The standard InChI is InChI=1S/C34H37FN9O4.C34H37FN9O3.2C14H12NO3.2CH2O.4Y/c1-23(45)38-14-18-47-19-17-42(3)16-13-29(37-2)34(46)43-15-7-8-24(43)21-44-33-30(32(36)39-22-40-33)31(41-44)27-12-11-26(20-28(27)35)48-25-9-5-4-6-10-25;1-23(45)38-16-7-8-17-42(3)19-15-29(37-2)34(46)43-18-9-10-24(43)21-44-33-30(32(36)39-22-40-33)31(41-44)27-14-13-26(20-28(27)35)47-25-11-5-4-6-12-25;2*16-10-5-6-12(13(17)7-10)15-8-9-3-1-2-4-11(9)14(15)18;2*1-2;;;;/h4-6,9-13,20,22,24H,1,7-8,14-19,21H2,3H3,(H,38,45)(H2,36,39,40);4-6,11-15,20,22,24H,1,7-10,16-19,21H2,3H3,(H,38,45)(H2,36,39,40);2*1-2,4,12H,5-8H2;2*1H2;;;;/q4*-1;;;;;;/b29-13-;29-15-;;;;;;;;/t2*24-;;;;;;;;/m00......../s1. The average molecular weight is 2190 g/mol. The molecule has 4 atom stereocenters. The molecule has 16 rings (SSSR count). The second-order valence-electron chi connectivity index (χ2n) is 32.1. The molecule has 714 valence electrons. The van der Waals surface area contributed by atoms with Gasteiger partial charge in [-0.15, -0.1) is 11.1 Å². The van der Waals surface area contributed by atoms with Gasteiger partial charge in [0.15, 0.2) is 34.7 Å². The summed E-state index contributed by atoms with van der Waals surface area (Å²) in [7, 11) is 3.78. The van der Waals surface area contributed by atoms with Gasteiger partial charge in [0.2, 0.25) is 11.4 Å². The zero-order chi connectivity index (χ0) is 96.8. The van der Waals surface area contributed by atoms with Crippen molar-refractivity contribution < 1.29 is 211 Å². The number of fused-ring (bicyclic) bond motifs is 4. The van der Waals surface area contributed by atoms with Gasteiger partial charge >= 0.3 is 0 Å². The van der Waals surface area contributed by atoms with Gasteiger partial charge in [-0.2, -0.15) is 58.7 Å². The maximum absolute atomic E-state index is 15.6. The van der Waals surface area contributed by atoms with Crippen molar-refractivity contribution in [2.75, 3.05) is 91.1 Å². The van der Waals surface area contributed by atoms with Crippen molar-refractivity contribution in [2.24, 2.45) is 0 Å². The number of para-hydroxylation sites is 2. The van der Waals surface area contributed by atoms with E-state index in [2.05, 4.69) is 66.2 Å². The minimum Gasteiger partial charge on any atom is -0.457 e. The van der Waals surface area contributed by atoms with E-state index < -0.39 is 23.7 Å². The van der Waals surface area contributed by atoms with Crippen LogP contribution >= 0.6 is 0 Å². The number of Topliss-reactive ketones (excluding diaryl/α,β-unsaturated/α-hetero) is 4. The molecule has 2 saturated heterocycles. The van der Waals surface area contributed by atoms with Crippen molar-refractivity contribution in [3.8, 4) is 45.5 Å². The summed E-state index contributed by atoms with van der Waals surface area (Å²) >= 11 is 0. The molecule has 8 heterocycles. The second kappa shape index (κ2) is 56.9. The van der Waals surface area contributed by atoms with Gasteiger partial charge in [0.05, 0.1) is 99.0 Å². The summed E-state index contributed by atoms with van der Waals surface area (Å²) in [6.07, 6.45) is 12.1. The van der Waals surface area contributed by atoms with Gasteiger partial charge in [-0.05, 0) is 121 Å². The van der Waals surface area contributed by atoms with E-state index in [0.29, 0.717) is 167 Å². The molecule has 4 fully saturated rings. The van der Waals surface area contributed by atoms with Gasteiger partial charge < -0.3 is 98.7 Å². The van der Waals surface area contributed by atoms with Gasteiger partial charge in [0.1, 0.15) is 95.5 Å². The number of aromatic nitrogens is 8. The first kappa shape index (κ1) is 115. The molecule has 0 spiro atoms. The number of hydrogen-bond acceptors (Lipinski definition) is 25.